The quantitative estimate of drug-likeness (QED) is 0.822. The maximum Gasteiger partial charge on any atom is 0.345 e. The summed E-state index contributed by atoms with van der Waals surface area (Å²) < 4.78 is 25.9. The van der Waals surface area contributed by atoms with E-state index >= 15 is 0 Å². The molecule has 0 spiro atoms. The molecule has 2 amide bonds. The summed E-state index contributed by atoms with van der Waals surface area (Å²) in [4.78, 5) is 16.7. The normalized spacial score (nSPS) is 15.8. The molecule has 0 atom stereocenters. The molecule has 4 nitrogen and oxygen atoms in total. The van der Waals surface area contributed by atoms with Crippen LogP contribution in [0.1, 0.15) is 12.8 Å². The highest BCUT2D eigenvalue weighted by Crippen LogP contribution is 2.16. The minimum Gasteiger partial charge on any atom is -0.303 e. The number of urea groups is 1. The molecule has 92 valence electrons. The monoisotopic (exact) mass is 242 g/mol. The summed E-state index contributed by atoms with van der Waals surface area (Å²) in [5, 5.41) is 3.47. The van der Waals surface area contributed by atoms with Crippen LogP contribution in [0.25, 0.3) is 0 Å². The second-order valence-corrected chi connectivity index (χ2v) is 3.70. The maximum absolute atomic E-state index is 13.3. The van der Waals surface area contributed by atoms with Crippen molar-refractivity contribution in [2.45, 2.75) is 12.8 Å². The highest BCUT2D eigenvalue weighted by atomic mass is 19.1. The molecule has 0 radical (unpaired) electrons. The predicted octanol–water partition coefficient (Wildman–Crippen LogP) is 2.52. The Kier molecular flexibility index (Phi) is 3.53. The zero-order chi connectivity index (χ0) is 12.3. The van der Waals surface area contributed by atoms with Gasteiger partial charge in [-0.25, -0.2) is 18.6 Å². The van der Waals surface area contributed by atoms with Crippen molar-refractivity contribution < 1.29 is 18.4 Å². The Balaban J connectivity index is 2.02. The minimum atomic E-state index is -0.810. The third-order valence-electron chi connectivity index (χ3n) is 2.40. The van der Waals surface area contributed by atoms with E-state index in [1.54, 1.807) is 0 Å². The fourth-order valence-electron chi connectivity index (χ4n) is 1.53. The van der Waals surface area contributed by atoms with Crippen LogP contribution in [0, 0.1) is 11.6 Å². The summed E-state index contributed by atoms with van der Waals surface area (Å²) in [7, 11) is 0. The second kappa shape index (κ2) is 5.09. The molecular formula is C11H12F2N2O2. The van der Waals surface area contributed by atoms with Crippen LogP contribution in [-0.2, 0) is 4.84 Å². The molecule has 6 heteroatoms. The van der Waals surface area contributed by atoms with Crippen LogP contribution in [0.3, 0.4) is 0 Å². The number of amides is 2. The fourth-order valence-corrected chi connectivity index (χ4v) is 1.53. The molecule has 1 aromatic rings. The average Bonchev–Trinajstić information content (AvgIpc) is 2.34. The molecule has 1 aliphatic heterocycles. The van der Waals surface area contributed by atoms with E-state index in [4.69, 9.17) is 4.84 Å². The summed E-state index contributed by atoms with van der Waals surface area (Å²) in [6.07, 6.45) is 1.74. The molecule has 17 heavy (non-hydrogen) atoms. The van der Waals surface area contributed by atoms with Gasteiger partial charge in [-0.1, -0.05) is 0 Å². The SMILES string of the molecule is O=C(Nc1ccc(F)cc1F)N1CCCCO1. The van der Waals surface area contributed by atoms with Gasteiger partial charge in [0.25, 0.3) is 0 Å². The summed E-state index contributed by atoms with van der Waals surface area (Å²) >= 11 is 0. The van der Waals surface area contributed by atoms with E-state index < -0.39 is 17.7 Å². The van der Waals surface area contributed by atoms with Gasteiger partial charge in [-0.15, -0.1) is 0 Å². The van der Waals surface area contributed by atoms with Crippen molar-refractivity contribution >= 4 is 11.7 Å². The Morgan fingerprint density at radius 2 is 2.18 bits per heavy atom. The second-order valence-electron chi connectivity index (χ2n) is 3.70. The first-order valence-electron chi connectivity index (χ1n) is 5.33. The Morgan fingerprint density at radius 3 is 2.82 bits per heavy atom. The highest BCUT2D eigenvalue weighted by Gasteiger charge is 2.18. The lowest BCUT2D eigenvalue weighted by Gasteiger charge is -2.25. The third-order valence-corrected chi connectivity index (χ3v) is 2.40. The van der Waals surface area contributed by atoms with Gasteiger partial charge in [-0.3, -0.25) is 4.84 Å². The molecule has 1 heterocycles. The average molecular weight is 242 g/mol. The molecule has 0 saturated carbocycles. The Labute approximate surface area is 97.1 Å². The number of carbonyl (C=O) groups is 1. The van der Waals surface area contributed by atoms with Crippen LogP contribution in [0.15, 0.2) is 18.2 Å². The largest absolute Gasteiger partial charge is 0.345 e. The number of hydrogen-bond donors (Lipinski definition) is 1. The predicted molar refractivity (Wildman–Crippen MR) is 57.3 cm³/mol. The lowest BCUT2D eigenvalue weighted by Crippen LogP contribution is -2.38. The van der Waals surface area contributed by atoms with Crippen molar-refractivity contribution in [2.75, 3.05) is 18.5 Å². The smallest absolute Gasteiger partial charge is 0.303 e. The first-order chi connectivity index (χ1) is 8.16. The molecule has 0 unspecified atom stereocenters. The van der Waals surface area contributed by atoms with E-state index in [0.717, 1.165) is 24.0 Å². The first kappa shape index (κ1) is 11.8. The molecule has 1 fully saturated rings. The fraction of sp³-hybridized carbons (Fsp3) is 0.364. The van der Waals surface area contributed by atoms with Crippen molar-refractivity contribution in [3.63, 3.8) is 0 Å². The molecule has 1 saturated heterocycles. The van der Waals surface area contributed by atoms with Crippen LogP contribution < -0.4 is 5.32 Å². The topological polar surface area (TPSA) is 41.6 Å². The van der Waals surface area contributed by atoms with Gasteiger partial charge < -0.3 is 5.32 Å². The van der Waals surface area contributed by atoms with E-state index in [9.17, 15) is 13.6 Å². The van der Waals surface area contributed by atoms with E-state index in [-0.39, 0.29) is 5.69 Å². The third kappa shape index (κ3) is 2.91. The molecule has 1 N–H and O–H groups in total. The van der Waals surface area contributed by atoms with Crippen LogP contribution in [0.2, 0.25) is 0 Å². The first-order valence-corrected chi connectivity index (χ1v) is 5.33. The maximum atomic E-state index is 13.3. The van der Waals surface area contributed by atoms with Crippen molar-refractivity contribution in [3.8, 4) is 0 Å². The standard InChI is InChI=1S/C11H12F2N2O2/c12-8-3-4-10(9(13)7-8)14-11(16)15-5-1-2-6-17-15/h3-4,7H,1-2,5-6H2,(H,14,16). The van der Waals surface area contributed by atoms with Crippen LogP contribution in [-0.4, -0.2) is 24.2 Å². The van der Waals surface area contributed by atoms with Crippen LogP contribution in [0.5, 0.6) is 0 Å². The van der Waals surface area contributed by atoms with Crippen molar-refractivity contribution in [1.82, 2.24) is 5.06 Å². The molecule has 0 bridgehead atoms. The summed E-state index contributed by atoms with van der Waals surface area (Å²) in [6.45, 7) is 0.938. The van der Waals surface area contributed by atoms with Gasteiger partial charge in [0.05, 0.1) is 18.8 Å². The zero-order valence-corrected chi connectivity index (χ0v) is 9.08. The number of benzene rings is 1. The lowest BCUT2D eigenvalue weighted by atomic mass is 10.3. The number of hydroxylamine groups is 2. The van der Waals surface area contributed by atoms with Gasteiger partial charge >= 0.3 is 6.03 Å². The Hall–Kier alpha value is -1.69. The number of anilines is 1. The number of rotatable bonds is 1. The number of halogens is 2. The number of hydrogen-bond acceptors (Lipinski definition) is 2. The zero-order valence-electron chi connectivity index (χ0n) is 9.08. The molecule has 1 aliphatic rings. The molecule has 2 rings (SSSR count). The van der Waals surface area contributed by atoms with E-state index in [2.05, 4.69) is 5.32 Å². The van der Waals surface area contributed by atoms with Gasteiger partial charge in [0.15, 0.2) is 0 Å². The van der Waals surface area contributed by atoms with E-state index in [0.29, 0.717) is 19.2 Å². The van der Waals surface area contributed by atoms with E-state index in [1.165, 1.54) is 6.07 Å². The molecule has 0 aromatic heterocycles. The van der Waals surface area contributed by atoms with Gasteiger partial charge in [-0.05, 0) is 25.0 Å². The number of carbonyl (C=O) groups excluding carboxylic acids is 1. The van der Waals surface area contributed by atoms with Gasteiger partial charge in [0, 0.05) is 6.07 Å². The van der Waals surface area contributed by atoms with Gasteiger partial charge in [0.2, 0.25) is 0 Å². The van der Waals surface area contributed by atoms with Crippen LogP contribution >= 0.6 is 0 Å². The summed E-state index contributed by atoms with van der Waals surface area (Å²) in [5.74, 6) is -1.50. The van der Waals surface area contributed by atoms with Crippen LogP contribution in [0.4, 0.5) is 19.3 Å². The number of nitrogens with one attached hydrogen (secondary N) is 1. The van der Waals surface area contributed by atoms with E-state index in [1.807, 2.05) is 0 Å². The molecule has 1 aromatic carbocycles. The number of nitrogens with zero attached hydrogens (tertiary/aromatic N) is 1. The molecular weight excluding hydrogens is 230 g/mol. The summed E-state index contributed by atoms with van der Waals surface area (Å²) in [6, 6.07) is 2.42. The van der Waals surface area contributed by atoms with Gasteiger partial charge in [0.1, 0.15) is 11.6 Å². The van der Waals surface area contributed by atoms with Gasteiger partial charge in [-0.2, -0.15) is 0 Å². The lowest BCUT2D eigenvalue weighted by molar-refractivity contribution is -0.135. The minimum absolute atomic E-state index is 0.0643. The molecule has 0 aliphatic carbocycles. The Morgan fingerprint density at radius 1 is 1.35 bits per heavy atom. The Bertz CT molecular complexity index is 420. The van der Waals surface area contributed by atoms with Crippen molar-refractivity contribution in [3.05, 3.63) is 29.8 Å². The summed E-state index contributed by atoms with van der Waals surface area (Å²) in [5.41, 5.74) is -0.0643. The highest BCUT2D eigenvalue weighted by molar-refractivity contribution is 5.88. The van der Waals surface area contributed by atoms with Crippen molar-refractivity contribution in [2.24, 2.45) is 0 Å². The van der Waals surface area contributed by atoms with Crippen molar-refractivity contribution in [1.29, 1.82) is 0 Å².